The van der Waals surface area contributed by atoms with Gasteiger partial charge in [0.05, 0.1) is 6.20 Å². The van der Waals surface area contributed by atoms with Crippen LogP contribution in [0.3, 0.4) is 0 Å². The van der Waals surface area contributed by atoms with E-state index in [9.17, 15) is 10.0 Å². The maximum Gasteiger partial charge on any atom is 0.268 e. The Kier molecular flexibility index (Phi) is 4.59. The van der Waals surface area contributed by atoms with Gasteiger partial charge in [-0.05, 0) is 17.7 Å². The van der Waals surface area contributed by atoms with Crippen LogP contribution in [0.5, 0.6) is 0 Å². The minimum absolute atomic E-state index is 0.385. The highest BCUT2D eigenvalue weighted by Crippen LogP contribution is 2.24. The number of carbonyl (C=O) groups is 1. The summed E-state index contributed by atoms with van der Waals surface area (Å²) in [5.74, 6) is -0.540. The lowest BCUT2D eigenvalue weighted by Crippen LogP contribution is -2.32. The van der Waals surface area contributed by atoms with Crippen LogP contribution in [0.1, 0.15) is 11.6 Å². The molecule has 7 nitrogen and oxygen atoms in total. The number of aromatic nitrogens is 4. The van der Waals surface area contributed by atoms with E-state index in [-0.39, 0.29) is 0 Å². The lowest BCUT2D eigenvalue weighted by atomic mass is 10.1. The van der Waals surface area contributed by atoms with Crippen molar-refractivity contribution in [2.45, 2.75) is 12.5 Å². The van der Waals surface area contributed by atoms with Crippen LogP contribution in [0.25, 0.3) is 22.2 Å². The molecule has 1 unspecified atom stereocenters. The lowest BCUT2D eigenvalue weighted by molar-refractivity contribution is -0.132. The molecule has 27 heavy (non-hydrogen) atoms. The average molecular weight is 359 g/mol. The predicted molar refractivity (Wildman–Crippen MR) is 99.9 cm³/mol. The van der Waals surface area contributed by atoms with Gasteiger partial charge in [-0.15, -0.1) is 0 Å². The Balaban J connectivity index is 1.73. The van der Waals surface area contributed by atoms with Crippen LogP contribution in [0.15, 0.2) is 73.3 Å². The fourth-order valence-corrected chi connectivity index (χ4v) is 3.06. The number of pyridine rings is 2. The van der Waals surface area contributed by atoms with E-state index in [1.165, 1.54) is 0 Å². The highest BCUT2D eigenvalue weighted by Gasteiger charge is 2.24. The number of hydroxylamine groups is 1. The Morgan fingerprint density at radius 1 is 1.07 bits per heavy atom. The number of benzene rings is 1. The van der Waals surface area contributed by atoms with Crippen molar-refractivity contribution in [3.63, 3.8) is 0 Å². The van der Waals surface area contributed by atoms with Gasteiger partial charge in [0.25, 0.3) is 5.91 Å². The molecule has 0 saturated heterocycles. The second-order valence-electron chi connectivity index (χ2n) is 6.15. The molecule has 0 bridgehead atoms. The summed E-state index contributed by atoms with van der Waals surface area (Å²) < 4.78 is 1.54. The van der Waals surface area contributed by atoms with Crippen molar-refractivity contribution >= 4 is 16.9 Å². The molecule has 4 aromatic rings. The summed E-state index contributed by atoms with van der Waals surface area (Å²) >= 11 is 0. The van der Waals surface area contributed by atoms with Crippen molar-refractivity contribution < 1.29 is 10.0 Å². The third kappa shape index (κ3) is 3.40. The maximum atomic E-state index is 12.3. The summed E-state index contributed by atoms with van der Waals surface area (Å²) in [6, 6.07) is 14.6. The molecule has 1 atom stereocenters. The Labute approximate surface area is 155 Å². The summed E-state index contributed by atoms with van der Waals surface area (Å²) in [6.45, 7) is 0. The Hall–Kier alpha value is -3.58. The standard InChI is InChI=1S/C20H17N5O2/c26-20(24-27)18(9-14-5-2-1-3-6-14)25-19-17(13-23-25)10-16(12-22-19)15-7-4-8-21-11-15/h1-8,10-13,18,27H,9H2,(H,24,26). The van der Waals surface area contributed by atoms with E-state index in [0.717, 1.165) is 22.1 Å². The van der Waals surface area contributed by atoms with Gasteiger partial charge in [0.2, 0.25) is 0 Å². The molecule has 1 amide bonds. The van der Waals surface area contributed by atoms with E-state index in [1.54, 1.807) is 34.9 Å². The molecule has 0 radical (unpaired) electrons. The van der Waals surface area contributed by atoms with Crippen molar-refractivity contribution in [2.75, 3.05) is 0 Å². The molecular formula is C20H17N5O2. The average Bonchev–Trinajstić information content (AvgIpc) is 3.16. The molecule has 0 fully saturated rings. The fourth-order valence-electron chi connectivity index (χ4n) is 3.06. The van der Waals surface area contributed by atoms with Gasteiger partial charge in [-0.25, -0.2) is 15.1 Å². The molecule has 134 valence electrons. The van der Waals surface area contributed by atoms with E-state index in [0.29, 0.717) is 12.1 Å². The number of amides is 1. The van der Waals surface area contributed by atoms with E-state index >= 15 is 0 Å². The number of hydrogen-bond acceptors (Lipinski definition) is 5. The Bertz CT molecular complexity index is 1060. The number of fused-ring (bicyclic) bond motifs is 1. The lowest BCUT2D eigenvalue weighted by Gasteiger charge is -2.16. The number of hydrogen-bond donors (Lipinski definition) is 2. The van der Waals surface area contributed by atoms with Crippen LogP contribution in [0.4, 0.5) is 0 Å². The van der Waals surface area contributed by atoms with Crippen LogP contribution in [0, 0.1) is 0 Å². The smallest absolute Gasteiger partial charge is 0.268 e. The van der Waals surface area contributed by atoms with Crippen molar-refractivity contribution in [3.8, 4) is 11.1 Å². The molecule has 0 aliphatic rings. The van der Waals surface area contributed by atoms with Crippen molar-refractivity contribution in [1.29, 1.82) is 0 Å². The first-order chi connectivity index (χ1) is 13.3. The molecule has 3 heterocycles. The predicted octanol–water partition coefficient (Wildman–Crippen LogP) is 2.78. The third-order valence-electron chi connectivity index (χ3n) is 4.41. The molecule has 7 heteroatoms. The van der Waals surface area contributed by atoms with Crippen molar-refractivity contribution in [1.82, 2.24) is 25.2 Å². The van der Waals surface area contributed by atoms with Gasteiger partial charge in [0.1, 0.15) is 6.04 Å². The van der Waals surface area contributed by atoms with E-state index < -0.39 is 11.9 Å². The van der Waals surface area contributed by atoms with Crippen molar-refractivity contribution in [2.24, 2.45) is 0 Å². The van der Waals surface area contributed by atoms with Gasteiger partial charge in [0.15, 0.2) is 5.65 Å². The topological polar surface area (TPSA) is 92.9 Å². The number of nitrogens with one attached hydrogen (secondary N) is 1. The first kappa shape index (κ1) is 16.9. The van der Waals surface area contributed by atoms with Gasteiger partial charge in [-0.1, -0.05) is 36.4 Å². The normalized spacial score (nSPS) is 12.0. The van der Waals surface area contributed by atoms with Crippen LogP contribution in [0.2, 0.25) is 0 Å². The second-order valence-corrected chi connectivity index (χ2v) is 6.15. The van der Waals surface area contributed by atoms with E-state index in [1.807, 2.05) is 48.5 Å². The van der Waals surface area contributed by atoms with Crippen molar-refractivity contribution in [3.05, 3.63) is 78.9 Å². The second kappa shape index (κ2) is 7.35. The van der Waals surface area contributed by atoms with Gasteiger partial charge in [-0.3, -0.25) is 15.0 Å². The van der Waals surface area contributed by atoms with Crippen LogP contribution < -0.4 is 5.48 Å². The summed E-state index contributed by atoms with van der Waals surface area (Å²) in [6.07, 6.45) is 7.27. The highest BCUT2D eigenvalue weighted by atomic mass is 16.5. The zero-order valence-electron chi connectivity index (χ0n) is 14.4. The largest absolute Gasteiger partial charge is 0.289 e. The Morgan fingerprint density at radius 3 is 2.67 bits per heavy atom. The zero-order valence-corrected chi connectivity index (χ0v) is 14.4. The van der Waals surface area contributed by atoms with Gasteiger partial charge < -0.3 is 0 Å². The zero-order chi connectivity index (χ0) is 18.6. The molecule has 3 aromatic heterocycles. The molecule has 1 aromatic carbocycles. The van der Waals surface area contributed by atoms with Crippen LogP contribution >= 0.6 is 0 Å². The minimum Gasteiger partial charge on any atom is -0.289 e. The molecule has 0 aliphatic heterocycles. The third-order valence-corrected chi connectivity index (χ3v) is 4.41. The van der Waals surface area contributed by atoms with Crippen LogP contribution in [-0.4, -0.2) is 30.9 Å². The molecular weight excluding hydrogens is 342 g/mol. The number of rotatable bonds is 5. The van der Waals surface area contributed by atoms with E-state index in [2.05, 4.69) is 15.1 Å². The van der Waals surface area contributed by atoms with Gasteiger partial charge in [-0.2, -0.15) is 5.10 Å². The first-order valence-corrected chi connectivity index (χ1v) is 8.48. The van der Waals surface area contributed by atoms with Gasteiger partial charge in [0, 0.05) is 41.5 Å². The number of nitrogens with zero attached hydrogens (tertiary/aromatic N) is 4. The quantitative estimate of drug-likeness (QED) is 0.422. The Morgan fingerprint density at radius 2 is 1.93 bits per heavy atom. The molecule has 0 spiro atoms. The fraction of sp³-hybridized carbons (Fsp3) is 0.100. The number of carbonyl (C=O) groups excluding carboxylic acids is 1. The molecule has 4 rings (SSSR count). The SMILES string of the molecule is O=C(NO)C(Cc1ccccc1)n1ncc2cc(-c3cccnc3)cnc21. The monoisotopic (exact) mass is 359 g/mol. The first-order valence-electron chi connectivity index (χ1n) is 8.48. The summed E-state index contributed by atoms with van der Waals surface area (Å²) in [7, 11) is 0. The summed E-state index contributed by atoms with van der Waals surface area (Å²) in [5, 5.41) is 14.3. The highest BCUT2D eigenvalue weighted by molar-refractivity contribution is 5.84. The summed E-state index contributed by atoms with van der Waals surface area (Å²) in [4.78, 5) is 20.9. The minimum atomic E-state index is -0.716. The van der Waals surface area contributed by atoms with Crippen LogP contribution in [-0.2, 0) is 11.2 Å². The van der Waals surface area contributed by atoms with Gasteiger partial charge >= 0.3 is 0 Å². The maximum absolute atomic E-state index is 12.3. The summed E-state index contributed by atoms with van der Waals surface area (Å²) in [5.41, 5.74) is 5.15. The van der Waals surface area contributed by atoms with E-state index in [4.69, 9.17) is 0 Å². The molecule has 2 N–H and O–H groups in total. The molecule has 0 aliphatic carbocycles. The molecule has 0 saturated carbocycles.